The zero-order valence-electron chi connectivity index (χ0n) is 9.42. The number of carbonyl (C=O) groups excluding carboxylic acids is 1. The molecule has 0 aliphatic carbocycles. The molecule has 0 radical (unpaired) electrons. The minimum absolute atomic E-state index is 0.0134. The second-order valence-electron chi connectivity index (χ2n) is 3.34. The standard InChI is InChI=1S/C12H10BrF3O2/c1-2-18-11(17)12(15,16)7-10(13)8-3-5-9(14)6-4-8/h3-7H,2H2,1H3/b10-7+. The van der Waals surface area contributed by atoms with Gasteiger partial charge in [-0.3, -0.25) is 0 Å². The van der Waals surface area contributed by atoms with Crippen molar-refractivity contribution in [2.24, 2.45) is 0 Å². The number of halogens is 4. The summed E-state index contributed by atoms with van der Waals surface area (Å²) in [5, 5.41) is 0. The van der Waals surface area contributed by atoms with Crippen molar-refractivity contribution in [1.82, 2.24) is 0 Å². The summed E-state index contributed by atoms with van der Waals surface area (Å²) in [7, 11) is 0. The Labute approximate surface area is 111 Å². The highest BCUT2D eigenvalue weighted by atomic mass is 79.9. The number of rotatable bonds is 4. The van der Waals surface area contributed by atoms with Gasteiger partial charge in [-0.25, -0.2) is 9.18 Å². The Morgan fingerprint density at radius 3 is 2.44 bits per heavy atom. The molecule has 0 aliphatic rings. The highest BCUT2D eigenvalue weighted by Crippen LogP contribution is 2.28. The first kappa shape index (κ1) is 14.8. The second-order valence-corrected chi connectivity index (χ2v) is 4.20. The molecule has 0 aliphatic heterocycles. The molecule has 0 fully saturated rings. The largest absolute Gasteiger partial charge is 0.461 e. The summed E-state index contributed by atoms with van der Waals surface area (Å²) in [4.78, 5) is 11.0. The topological polar surface area (TPSA) is 26.3 Å². The van der Waals surface area contributed by atoms with E-state index in [9.17, 15) is 18.0 Å². The molecule has 6 heteroatoms. The molecule has 0 unspecified atom stereocenters. The summed E-state index contributed by atoms with van der Waals surface area (Å²) >= 11 is 2.92. The maximum absolute atomic E-state index is 13.4. The molecule has 0 amide bonds. The Balaban J connectivity index is 2.94. The number of hydrogen-bond acceptors (Lipinski definition) is 2. The molecule has 1 rings (SSSR count). The molecule has 1 aromatic rings. The lowest BCUT2D eigenvalue weighted by Gasteiger charge is -2.11. The van der Waals surface area contributed by atoms with E-state index in [4.69, 9.17) is 0 Å². The number of ether oxygens (including phenoxy) is 1. The highest BCUT2D eigenvalue weighted by Gasteiger charge is 2.38. The van der Waals surface area contributed by atoms with Crippen molar-refractivity contribution >= 4 is 26.4 Å². The van der Waals surface area contributed by atoms with Gasteiger partial charge in [0.25, 0.3) is 0 Å². The van der Waals surface area contributed by atoms with Crippen LogP contribution in [-0.4, -0.2) is 18.5 Å². The van der Waals surface area contributed by atoms with Crippen LogP contribution in [0, 0.1) is 5.82 Å². The van der Waals surface area contributed by atoms with Crippen molar-refractivity contribution in [3.8, 4) is 0 Å². The summed E-state index contributed by atoms with van der Waals surface area (Å²) in [6.45, 7) is 1.31. The van der Waals surface area contributed by atoms with Crippen LogP contribution in [-0.2, 0) is 9.53 Å². The molecule has 2 nitrogen and oxygen atoms in total. The zero-order valence-corrected chi connectivity index (χ0v) is 11.0. The smallest absolute Gasteiger partial charge is 0.381 e. The van der Waals surface area contributed by atoms with Gasteiger partial charge in [-0.2, -0.15) is 8.78 Å². The molecule has 0 N–H and O–H groups in total. The van der Waals surface area contributed by atoms with Crippen molar-refractivity contribution in [3.05, 3.63) is 41.7 Å². The molecule has 0 aromatic heterocycles. The van der Waals surface area contributed by atoms with Gasteiger partial charge in [0.1, 0.15) is 5.82 Å². The molecule has 18 heavy (non-hydrogen) atoms. The van der Waals surface area contributed by atoms with Crippen molar-refractivity contribution in [2.75, 3.05) is 6.61 Å². The molecule has 0 spiro atoms. The number of benzene rings is 1. The van der Waals surface area contributed by atoms with Crippen molar-refractivity contribution in [1.29, 1.82) is 0 Å². The van der Waals surface area contributed by atoms with E-state index in [1.165, 1.54) is 19.1 Å². The molecule has 0 saturated heterocycles. The van der Waals surface area contributed by atoms with Crippen molar-refractivity contribution < 1.29 is 22.7 Å². The Hall–Kier alpha value is -1.30. The van der Waals surface area contributed by atoms with Gasteiger partial charge in [-0.15, -0.1) is 0 Å². The fourth-order valence-electron chi connectivity index (χ4n) is 1.14. The van der Waals surface area contributed by atoms with Crippen LogP contribution >= 0.6 is 15.9 Å². The molecule has 0 saturated carbocycles. The van der Waals surface area contributed by atoms with E-state index in [0.29, 0.717) is 11.6 Å². The third kappa shape index (κ3) is 3.87. The van der Waals surface area contributed by atoms with Gasteiger partial charge in [0.05, 0.1) is 6.61 Å². The maximum atomic E-state index is 13.4. The number of alkyl halides is 2. The first-order valence-electron chi connectivity index (χ1n) is 5.06. The first-order valence-corrected chi connectivity index (χ1v) is 5.85. The van der Waals surface area contributed by atoms with Gasteiger partial charge in [0.2, 0.25) is 0 Å². The maximum Gasteiger partial charge on any atom is 0.381 e. The van der Waals surface area contributed by atoms with Crippen LogP contribution in [0.3, 0.4) is 0 Å². The van der Waals surface area contributed by atoms with Crippen LogP contribution in [0.1, 0.15) is 12.5 Å². The first-order chi connectivity index (χ1) is 8.36. The minimum atomic E-state index is -3.73. The van der Waals surface area contributed by atoms with E-state index in [1.807, 2.05) is 0 Å². The predicted octanol–water partition coefficient (Wildman–Crippen LogP) is 3.76. The Kier molecular flexibility index (Phi) is 4.95. The molecule has 98 valence electrons. The summed E-state index contributed by atoms with van der Waals surface area (Å²) in [6, 6.07) is 4.90. The average Bonchev–Trinajstić information content (AvgIpc) is 2.29. The van der Waals surface area contributed by atoms with Gasteiger partial charge in [0.15, 0.2) is 0 Å². The monoisotopic (exact) mass is 322 g/mol. The third-order valence-electron chi connectivity index (χ3n) is 1.98. The van der Waals surface area contributed by atoms with Crippen LogP contribution in [0.4, 0.5) is 13.2 Å². The van der Waals surface area contributed by atoms with Crippen LogP contribution in [0.25, 0.3) is 4.48 Å². The van der Waals surface area contributed by atoms with Gasteiger partial charge in [-0.05, 0) is 24.6 Å². The van der Waals surface area contributed by atoms with E-state index in [-0.39, 0.29) is 11.1 Å². The molecule has 1 aromatic carbocycles. The fraction of sp³-hybridized carbons (Fsp3) is 0.250. The van der Waals surface area contributed by atoms with Gasteiger partial charge in [-0.1, -0.05) is 28.1 Å². The van der Waals surface area contributed by atoms with Crippen molar-refractivity contribution in [2.45, 2.75) is 12.8 Å². The molecule has 0 heterocycles. The molecule has 0 bridgehead atoms. The Morgan fingerprint density at radius 1 is 1.39 bits per heavy atom. The summed E-state index contributed by atoms with van der Waals surface area (Å²) in [6.07, 6.45) is 0.429. The van der Waals surface area contributed by atoms with Crippen LogP contribution in [0.5, 0.6) is 0 Å². The second kappa shape index (κ2) is 6.04. The van der Waals surface area contributed by atoms with E-state index in [0.717, 1.165) is 12.1 Å². The number of hydrogen-bond donors (Lipinski definition) is 0. The molecular formula is C12H10BrF3O2. The van der Waals surface area contributed by atoms with Crippen molar-refractivity contribution in [3.63, 3.8) is 0 Å². The summed E-state index contributed by atoms with van der Waals surface area (Å²) < 4.78 is 43.6. The van der Waals surface area contributed by atoms with Gasteiger partial charge >= 0.3 is 11.9 Å². The van der Waals surface area contributed by atoms with E-state index < -0.39 is 17.7 Å². The third-order valence-corrected chi connectivity index (χ3v) is 2.66. The number of esters is 1. The van der Waals surface area contributed by atoms with Gasteiger partial charge in [0, 0.05) is 10.6 Å². The highest BCUT2D eigenvalue weighted by molar-refractivity contribution is 9.15. The molecular weight excluding hydrogens is 313 g/mol. The number of carbonyl (C=O) groups is 1. The SMILES string of the molecule is CCOC(=O)C(F)(F)/C=C(/Br)c1ccc(F)cc1. The minimum Gasteiger partial charge on any atom is -0.461 e. The zero-order chi connectivity index (χ0) is 13.8. The van der Waals surface area contributed by atoms with Crippen LogP contribution < -0.4 is 0 Å². The van der Waals surface area contributed by atoms with Gasteiger partial charge < -0.3 is 4.74 Å². The lowest BCUT2D eigenvalue weighted by Crippen LogP contribution is -2.28. The summed E-state index contributed by atoms with van der Waals surface area (Å²) in [5.74, 6) is -5.83. The normalized spacial score (nSPS) is 12.4. The van der Waals surface area contributed by atoms with Crippen LogP contribution in [0.2, 0.25) is 0 Å². The van der Waals surface area contributed by atoms with E-state index in [2.05, 4.69) is 20.7 Å². The molecule has 0 atom stereocenters. The summed E-state index contributed by atoms with van der Waals surface area (Å²) in [5.41, 5.74) is 0.334. The Morgan fingerprint density at radius 2 is 1.94 bits per heavy atom. The average molecular weight is 323 g/mol. The lowest BCUT2D eigenvalue weighted by atomic mass is 10.2. The van der Waals surface area contributed by atoms with E-state index in [1.54, 1.807) is 0 Å². The fourth-order valence-corrected chi connectivity index (χ4v) is 1.69. The lowest BCUT2D eigenvalue weighted by molar-refractivity contribution is -0.164. The Bertz CT molecular complexity index is 455. The predicted molar refractivity (Wildman–Crippen MR) is 64.9 cm³/mol. The van der Waals surface area contributed by atoms with E-state index >= 15 is 0 Å². The van der Waals surface area contributed by atoms with Crippen LogP contribution in [0.15, 0.2) is 30.3 Å². The quantitative estimate of drug-likeness (QED) is 0.789.